The molecular formula is C20H23N3O5. The molecule has 28 heavy (non-hydrogen) atoms. The van der Waals surface area contributed by atoms with Crippen molar-refractivity contribution in [1.82, 2.24) is 10.2 Å². The summed E-state index contributed by atoms with van der Waals surface area (Å²) < 4.78 is 5.34. The number of methoxy groups -OCH3 is 1. The molecule has 0 radical (unpaired) electrons. The van der Waals surface area contributed by atoms with Crippen LogP contribution in [-0.2, 0) is 4.79 Å². The van der Waals surface area contributed by atoms with Gasteiger partial charge in [0.25, 0.3) is 5.91 Å². The summed E-state index contributed by atoms with van der Waals surface area (Å²) in [4.78, 5) is 39.7. The van der Waals surface area contributed by atoms with Gasteiger partial charge in [0.05, 0.1) is 12.8 Å². The van der Waals surface area contributed by atoms with Crippen LogP contribution in [0.25, 0.3) is 0 Å². The summed E-state index contributed by atoms with van der Waals surface area (Å²) in [7, 11) is 1.49. The summed E-state index contributed by atoms with van der Waals surface area (Å²) in [5.41, 5.74) is 0.919. The number of hydrogen-bond donors (Lipinski definition) is 2. The quantitative estimate of drug-likeness (QED) is 0.756. The average molecular weight is 385 g/mol. The van der Waals surface area contributed by atoms with Crippen LogP contribution < -0.4 is 15.0 Å². The van der Waals surface area contributed by atoms with Crippen LogP contribution in [0, 0.1) is 17.8 Å². The van der Waals surface area contributed by atoms with Crippen molar-refractivity contribution in [3.8, 4) is 17.6 Å². The highest BCUT2D eigenvalue weighted by molar-refractivity contribution is 6.07. The predicted octanol–water partition coefficient (Wildman–Crippen LogP) is 0.989. The Hall–Kier alpha value is -3.05. The Morgan fingerprint density at radius 3 is 2.68 bits per heavy atom. The first-order valence-electron chi connectivity index (χ1n) is 9.21. The van der Waals surface area contributed by atoms with Crippen LogP contribution in [0.15, 0.2) is 18.2 Å². The lowest BCUT2D eigenvalue weighted by atomic mass is 9.97. The zero-order valence-electron chi connectivity index (χ0n) is 15.7. The summed E-state index contributed by atoms with van der Waals surface area (Å²) in [6, 6.07) is 4.44. The molecule has 2 aliphatic rings. The number of ether oxygens (including phenoxy) is 1. The lowest BCUT2D eigenvalue weighted by molar-refractivity contribution is -0.120. The number of aliphatic hydroxyl groups excluding tert-OH is 1. The molecule has 148 valence electrons. The number of amides is 4. The number of carbonyl (C=O) groups is 3. The van der Waals surface area contributed by atoms with Gasteiger partial charge in [-0.2, -0.15) is 0 Å². The summed E-state index contributed by atoms with van der Waals surface area (Å²) in [5, 5.41) is 11.1. The lowest BCUT2D eigenvalue weighted by Gasteiger charge is -2.31. The number of aliphatic hydroxyl groups is 1. The molecule has 0 bridgehead atoms. The monoisotopic (exact) mass is 385 g/mol. The first-order chi connectivity index (χ1) is 13.5. The summed E-state index contributed by atoms with van der Waals surface area (Å²) in [5.74, 6) is 5.90. The summed E-state index contributed by atoms with van der Waals surface area (Å²) in [6.45, 7) is 1.25. The Morgan fingerprint density at radius 2 is 2.04 bits per heavy atom. The number of nitrogens with zero attached hydrogens (tertiary/aromatic N) is 2. The largest absolute Gasteiger partial charge is 0.495 e. The number of likely N-dealkylation sites (tertiary alicyclic amines) is 1. The lowest BCUT2D eigenvalue weighted by Crippen LogP contribution is -2.49. The molecule has 1 aromatic rings. The van der Waals surface area contributed by atoms with Crippen LogP contribution in [0.2, 0.25) is 0 Å². The summed E-state index contributed by atoms with van der Waals surface area (Å²) >= 11 is 0. The highest BCUT2D eigenvalue weighted by Crippen LogP contribution is 2.31. The van der Waals surface area contributed by atoms with E-state index in [9.17, 15) is 14.4 Å². The molecule has 8 nitrogen and oxygen atoms in total. The SMILES string of the molecule is COc1ccc(C(=O)N2CCC(C#CCO)CC2)cc1N1CCC(=O)NC1=O. The van der Waals surface area contributed by atoms with Crippen LogP contribution in [-0.4, -0.2) is 61.2 Å². The van der Waals surface area contributed by atoms with Gasteiger partial charge in [-0.25, -0.2) is 4.79 Å². The van der Waals surface area contributed by atoms with Gasteiger partial charge in [0, 0.05) is 37.5 Å². The Bertz CT molecular complexity index is 834. The smallest absolute Gasteiger partial charge is 0.328 e. The molecule has 0 aliphatic carbocycles. The van der Waals surface area contributed by atoms with E-state index in [1.165, 1.54) is 12.0 Å². The van der Waals surface area contributed by atoms with Crippen LogP contribution in [0.3, 0.4) is 0 Å². The molecule has 0 saturated carbocycles. The third-order valence-corrected chi connectivity index (χ3v) is 4.94. The average Bonchev–Trinajstić information content (AvgIpc) is 2.71. The first kappa shape index (κ1) is 19.7. The number of hydrogen-bond acceptors (Lipinski definition) is 5. The van der Waals surface area contributed by atoms with Gasteiger partial charge < -0.3 is 14.7 Å². The van der Waals surface area contributed by atoms with E-state index in [-0.39, 0.29) is 37.3 Å². The number of carbonyl (C=O) groups excluding carboxylic acids is 3. The van der Waals surface area contributed by atoms with Crippen molar-refractivity contribution in [3.05, 3.63) is 23.8 Å². The van der Waals surface area contributed by atoms with Gasteiger partial charge in [0.1, 0.15) is 12.4 Å². The molecule has 2 fully saturated rings. The second-order valence-electron chi connectivity index (χ2n) is 6.69. The first-order valence-corrected chi connectivity index (χ1v) is 9.21. The molecule has 2 aliphatic heterocycles. The van der Waals surface area contributed by atoms with Gasteiger partial charge in [-0.15, -0.1) is 0 Å². The molecule has 1 aromatic carbocycles. The Labute approximate surface area is 163 Å². The fraction of sp³-hybridized carbons (Fsp3) is 0.450. The zero-order valence-corrected chi connectivity index (χ0v) is 15.7. The molecule has 4 amide bonds. The van der Waals surface area contributed by atoms with Crippen LogP contribution >= 0.6 is 0 Å². The number of rotatable bonds is 3. The van der Waals surface area contributed by atoms with Gasteiger partial charge >= 0.3 is 6.03 Å². The highest BCUT2D eigenvalue weighted by Gasteiger charge is 2.28. The van der Waals surface area contributed by atoms with E-state index in [0.717, 1.165) is 12.8 Å². The van der Waals surface area contributed by atoms with E-state index < -0.39 is 6.03 Å². The maximum atomic E-state index is 12.9. The van der Waals surface area contributed by atoms with E-state index >= 15 is 0 Å². The molecule has 3 rings (SSSR count). The topological polar surface area (TPSA) is 99.2 Å². The molecule has 0 spiro atoms. The van der Waals surface area contributed by atoms with Crippen molar-refractivity contribution in [2.45, 2.75) is 19.3 Å². The van der Waals surface area contributed by atoms with Crippen molar-refractivity contribution in [3.63, 3.8) is 0 Å². The van der Waals surface area contributed by atoms with E-state index in [1.807, 2.05) is 0 Å². The van der Waals surface area contributed by atoms with Gasteiger partial charge in [0.15, 0.2) is 0 Å². The number of imide groups is 1. The molecule has 8 heteroatoms. The van der Waals surface area contributed by atoms with Crippen LogP contribution in [0.5, 0.6) is 5.75 Å². The number of anilines is 1. The van der Waals surface area contributed by atoms with Crippen molar-refractivity contribution < 1.29 is 24.2 Å². The maximum Gasteiger partial charge on any atom is 0.328 e. The van der Waals surface area contributed by atoms with Crippen molar-refractivity contribution in [2.75, 3.05) is 38.3 Å². The van der Waals surface area contributed by atoms with Gasteiger partial charge in [-0.05, 0) is 31.0 Å². The van der Waals surface area contributed by atoms with Crippen molar-refractivity contribution in [1.29, 1.82) is 0 Å². The zero-order chi connectivity index (χ0) is 20.1. The van der Waals surface area contributed by atoms with Crippen molar-refractivity contribution >= 4 is 23.5 Å². The molecule has 2 saturated heterocycles. The number of nitrogens with one attached hydrogen (secondary N) is 1. The van der Waals surface area contributed by atoms with Gasteiger partial charge in [0.2, 0.25) is 5.91 Å². The fourth-order valence-corrected chi connectivity index (χ4v) is 3.43. The van der Waals surface area contributed by atoms with Crippen LogP contribution in [0.1, 0.15) is 29.6 Å². The molecule has 2 N–H and O–H groups in total. The Kier molecular flexibility index (Phi) is 6.16. The van der Waals surface area contributed by atoms with E-state index in [2.05, 4.69) is 17.2 Å². The third-order valence-electron chi connectivity index (χ3n) is 4.94. The molecule has 0 unspecified atom stereocenters. The summed E-state index contributed by atoms with van der Waals surface area (Å²) in [6.07, 6.45) is 1.71. The van der Waals surface area contributed by atoms with E-state index in [0.29, 0.717) is 30.1 Å². The van der Waals surface area contributed by atoms with Gasteiger partial charge in [-0.1, -0.05) is 11.8 Å². The van der Waals surface area contributed by atoms with E-state index in [1.54, 1.807) is 23.1 Å². The minimum atomic E-state index is -0.526. The minimum absolute atomic E-state index is 0.119. The standard InChI is InChI=1S/C20H23N3O5/c1-28-17-5-4-15(13-16(17)23-11-8-18(25)21-20(23)27)19(26)22-9-6-14(7-10-22)3-2-12-24/h4-5,13-14,24H,6-12H2,1H3,(H,21,25,27). The third kappa shape index (κ3) is 4.26. The second-order valence-corrected chi connectivity index (χ2v) is 6.69. The predicted molar refractivity (Wildman–Crippen MR) is 102 cm³/mol. The van der Waals surface area contributed by atoms with Crippen molar-refractivity contribution in [2.24, 2.45) is 5.92 Å². The number of piperidine rings is 1. The molecule has 2 heterocycles. The fourth-order valence-electron chi connectivity index (χ4n) is 3.43. The number of urea groups is 1. The highest BCUT2D eigenvalue weighted by atomic mass is 16.5. The Morgan fingerprint density at radius 1 is 1.29 bits per heavy atom. The van der Waals surface area contributed by atoms with E-state index in [4.69, 9.17) is 9.84 Å². The molecule has 0 aromatic heterocycles. The number of benzene rings is 1. The Balaban J connectivity index is 1.77. The van der Waals surface area contributed by atoms with Gasteiger partial charge in [-0.3, -0.25) is 19.8 Å². The van der Waals surface area contributed by atoms with Crippen LogP contribution in [0.4, 0.5) is 10.5 Å². The normalized spacial score (nSPS) is 17.6. The molecular weight excluding hydrogens is 362 g/mol. The second kappa shape index (κ2) is 8.76. The minimum Gasteiger partial charge on any atom is -0.495 e. The molecule has 0 atom stereocenters. The maximum absolute atomic E-state index is 12.9.